The summed E-state index contributed by atoms with van der Waals surface area (Å²) in [7, 11) is 0. The van der Waals surface area contributed by atoms with Gasteiger partial charge in [-0.3, -0.25) is 9.69 Å². The van der Waals surface area contributed by atoms with Crippen molar-refractivity contribution in [2.45, 2.75) is 25.5 Å². The van der Waals surface area contributed by atoms with E-state index in [9.17, 15) is 9.59 Å². The van der Waals surface area contributed by atoms with E-state index in [0.717, 1.165) is 24.2 Å². The average molecular weight is 460 g/mol. The number of alkyl carbamates (subject to hydrolysis) is 1. The fourth-order valence-corrected chi connectivity index (χ4v) is 3.84. The molecule has 2 aromatic rings. The molecule has 1 aliphatic rings. The number of amides is 2. The summed E-state index contributed by atoms with van der Waals surface area (Å²) >= 11 is 6.43. The molecule has 2 amide bonds. The summed E-state index contributed by atoms with van der Waals surface area (Å²) in [5.74, 6) is -0.0604. The Labute approximate surface area is 194 Å². The van der Waals surface area contributed by atoms with E-state index >= 15 is 0 Å². The summed E-state index contributed by atoms with van der Waals surface area (Å²) in [5.41, 5.74) is 1.93. The molecule has 1 heterocycles. The maximum absolute atomic E-state index is 12.4. The predicted molar refractivity (Wildman–Crippen MR) is 123 cm³/mol. The molecule has 1 aliphatic heterocycles. The highest BCUT2D eigenvalue weighted by Crippen LogP contribution is 2.27. The summed E-state index contributed by atoms with van der Waals surface area (Å²) in [4.78, 5) is 26.4. The van der Waals surface area contributed by atoms with Gasteiger partial charge in [-0.05, 0) is 23.6 Å². The van der Waals surface area contributed by atoms with Crippen LogP contribution in [0.2, 0.25) is 5.02 Å². The first-order valence-electron chi connectivity index (χ1n) is 10.9. The van der Waals surface area contributed by atoms with Crippen molar-refractivity contribution in [1.82, 2.24) is 15.5 Å². The molecule has 1 fully saturated rings. The third kappa shape index (κ3) is 7.82. The van der Waals surface area contributed by atoms with Gasteiger partial charge in [0.2, 0.25) is 5.91 Å². The van der Waals surface area contributed by atoms with Crippen molar-refractivity contribution in [3.8, 4) is 0 Å². The molecule has 0 aromatic heterocycles. The van der Waals surface area contributed by atoms with E-state index in [-0.39, 0.29) is 18.6 Å². The van der Waals surface area contributed by atoms with E-state index in [1.165, 1.54) is 0 Å². The molecule has 7 nitrogen and oxygen atoms in total. The summed E-state index contributed by atoms with van der Waals surface area (Å²) in [6.45, 7) is 3.98. The highest BCUT2D eigenvalue weighted by Gasteiger charge is 2.24. The van der Waals surface area contributed by atoms with Gasteiger partial charge in [0.05, 0.1) is 19.3 Å². The minimum absolute atomic E-state index is 0.0114. The normalized spacial score (nSPS) is 15.0. The van der Waals surface area contributed by atoms with Gasteiger partial charge in [0.1, 0.15) is 6.61 Å². The number of ether oxygens (including phenoxy) is 2. The van der Waals surface area contributed by atoms with E-state index in [0.29, 0.717) is 44.2 Å². The van der Waals surface area contributed by atoms with Crippen LogP contribution in [0.25, 0.3) is 0 Å². The molecule has 8 heteroatoms. The molecular formula is C24H30ClN3O4. The van der Waals surface area contributed by atoms with Crippen molar-refractivity contribution in [3.05, 3.63) is 70.7 Å². The Morgan fingerprint density at radius 3 is 2.50 bits per heavy atom. The van der Waals surface area contributed by atoms with Gasteiger partial charge in [-0.15, -0.1) is 0 Å². The molecule has 0 radical (unpaired) electrons. The minimum Gasteiger partial charge on any atom is -0.445 e. The van der Waals surface area contributed by atoms with Crippen LogP contribution in [0.4, 0.5) is 4.79 Å². The van der Waals surface area contributed by atoms with Crippen LogP contribution in [-0.4, -0.2) is 56.3 Å². The van der Waals surface area contributed by atoms with Crippen molar-refractivity contribution in [2.24, 2.45) is 0 Å². The third-order valence-electron chi connectivity index (χ3n) is 5.31. The Kier molecular flexibility index (Phi) is 9.81. The molecule has 0 saturated carbocycles. The van der Waals surface area contributed by atoms with Crippen LogP contribution < -0.4 is 10.6 Å². The van der Waals surface area contributed by atoms with Crippen LogP contribution in [0.3, 0.4) is 0 Å². The molecule has 2 aromatic carbocycles. The second kappa shape index (κ2) is 13.1. The number of nitrogens with one attached hydrogen (secondary N) is 2. The lowest BCUT2D eigenvalue weighted by Gasteiger charge is -2.35. The minimum atomic E-state index is -0.486. The lowest BCUT2D eigenvalue weighted by Crippen LogP contribution is -2.44. The van der Waals surface area contributed by atoms with E-state index in [4.69, 9.17) is 21.1 Å². The topological polar surface area (TPSA) is 79.9 Å². The van der Waals surface area contributed by atoms with Gasteiger partial charge in [-0.25, -0.2) is 4.79 Å². The molecule has 1 saturated heterocycles. The number of hydrogen-bond donors (Lipinski definition) is 2. The maximum Gasteiger partial charge on any atom is 0.407 e. The second-order valence-corrected chi connectivity index (χ2v) is 7.99. The van der Waals surface area contributed by atoms with Crippen LogP contribution in [0.5, 0.6) is 0 Å². The lowest BCUT2D eigenvalue weighted by molar-refractivity contribution is -0.121. The number of rotatable bonds is 10. The highest BCUT2D eigenvalue weighted by molar-refractivity contribution is 6.31. The zero-order valence-corrected chi connectivity index (χ0v) is 18.9. The van der Waals surface area contributed by atoms with Crippen LogP contribution in [0.15, 0.2) is 54.6 Å². The van der Waals surface area contributed by atoms with Gasteiger partial charge in [0.25, 0.3) is 0 Å². The quantitative estimate of drug-likeness (QED) is 0.531. The molecular weight excluding hydrogens is 430 g/mol. The van der Waals surface area contributed by atoms with Crippen molar-refractivity contribution in [3.63, 3.8) is 0 Å². The van der Waals surface area contributed by atoms with Crippen LogP contribution in [0, 0.1) is 0 Å². The standard InChI is InChI=1S/C24H30ClN3O4/c25-21-10-5-4-9-20(21)22(28-13-15-31-16-14-28)17-27-23(29)11-6-12-26-24(30)32-18-19-7-2-1-3-8-19/h1-5,7-10,22H,6,11-18H2,(H,26,30)(H,27,29). The Balaban J connectivity index is 1.38. The van der Waals surface area contributed by atoms with Gasteiger partial charge >= 0.3 is 6.09 Å². The Bertz CT molecular complexity index is 859. The monoisotopic (exact) mass is 459 g/mol. The molecule has 1 unspecified atom stereocenters. The third-order valence-corrected chi connectivity index (χ3v) is 5.65. The number of halogens is 1. The fourth-order valence-electron chi connectivity index (χ4n) is 3.58. The van der Waals surface area contributed by atoms with Crippen molar-refractivity contribution in [1.29, 1.82) is 0 Å². The van der Waals surface area contributed by atoms with Gasteiger partial charge in [0.15, 0.2) is 0 Å². The lowest BCUT2D eigenvalue weighted by atomic mass is 10.0. The zero-order chi connectivity index (χ0) is 22.6. The molecule has 0 spiro atoms. The van der Waals surface area contributed by atoms with Crippen molar-refractivity contribution >= 4 is 23.6 Å². The highest BCUT2D eigenvalue weighted by atomic mass is 35.5. The van der Waals surface area contributed by atoms with Crippen LogP contribution >= 0.6 is 11.6 Å². The molecule has 0 bridgehead atoms. The average Bonchev–Trinajstić information content (AvgIpc) is 2.83. The predicted octanol–water partition coefficient (Wildman–Crippen LogP) is 3.54. The van der Waals surface area contributed by atoms with Crippen LogP contribution in [0.1, 0.15) is 30.0 Å². The first-order valence-corrected chi connectivity index (χ1v) is 11.3. The number of carbonyl (C=O) groups is 2. The Morgan fingerprint density at radius 1 is 1.03 bits per heavy atom. The SMILES string of the molecule is O=C(CCCNC(=O)OCc1ccccc1)NCC(c1ccccc1Cl)N1CCOCC1. The smallest absolute Gasteiger partial charge is 0.407 e. The number of morpholine rings is 1. The van der Waals surface area contributed by atoms with E-state index in [1.54, 1.807) is 0 Å². The number of hydrogen-bond acceptors (Lipinski definition) is 5. The van der Waals surface area contributed by atoms with Crippen molar-refractivity contribution in [2.75, 3.05) is 39.4 Å². The first-order chi connectivity index (χ1) is 15.6. The van der Waals surface area contributed by atoms with E-state index in [1.807, 2.05) is 54.6 Å². The summed E-state index contributed by atoms with van der Waals surface area (Å²) < 4.78 is 10.6. The van der Waals surface area contributed by atoms with Crippen LogP contribution in [-0.2, 0) is 20.9 Å². The Hall–Kier alpha value is -2.61. The first kappa shape index (κ1) is 24.0. The fraction of sp³-hybridized carbons (Fsp3) is 0.417. The molecule has 32 heavy (non-hydrogen) atoms. The summed E-state index contributed by atoms with van der Waals surface area (Å²) in [5, 5.41) is 6.39. The molecule has 3 rings (SSSR count). The number of carbonyl (C=O) groups excluding carboxylic acids is 2. The Morgan fingerprint density at radius 2 is 1.75 bits per heavy atom. The van der Waals surface area contributed by atoms with E-state index < -0.39 is 6.09 Å². The second-order valence-electron chi connectivity index (χ2n) is 7.58. The summed E-state index contributed by atoms with van der Waals surface area (Å²) in [6.07, 6.45) is 0.359. The largest absolute Gasteiger partial charge is 0.445 e. The van der Waals surface area contributed by atoms with Gasteiger partial charge < -0.3 is 20.1 Å². The summed E-state index contributed by atoms with van der Waals surface area (Å²) in [6, 6.07) is 17.2. The van der Waals surface area contributed by atoms with Crippen molar-refractivity contribution < 1.29 is 19.1 Å². The van der Waals surface area contributed by atoms with Gasteiger partial charge in [0, 0.05) is 37.6 Å². The zero-order valence-electron chi connectivity index (χ0n) is 18.1. The van der Waals surface area contributed by atoms with E-state index in [2.05, 4.69) is 15.5 Å². The molecule has 172 valence electrons. The van der Waals surface area contributed by atoms with Gasteiger partial charge in [-0.2, -0.15) is 0 Å². The number of benzene rings is 2. The molecule has 0 aliphatic carbocycles. The van der Waals surface area contributed by atoms with Gasteiger partial charge in [-0.1, -0.05) is 60.1 Å². The number of nitrogens with zero attached hydrogens (tertiary/aromatic N) is 1. The maximum atomic E-state index is 12.4. The molecule has 1 atom stereocenters. The molecule has 2 N–H and O–H groups in total.